The van der Waals surface area contributed by atoms with Gasteiger partial charge in [-0.2, -0.15) is 4.31 Å². The van der Waals surface area contributed by atoms with Crippen LogP contribution in [-0.4, -0.2) is 55.6 Å². The minimum atomic E-state index is -3.99. The number of halogens is 2. The van der Waals surface area contributed by atoms with Gasteiger partial charge in [-0.1, -0.05) is 85.6 Å². The molecule has 0 heterocycles. The van der Waals surface area contributed by atoms with Crippen molar-refractivity contribution < 1.29 is 18.0 Å². The first-order chi connectivity index (χ1) is 18.5. The van der Waals surface area contributed by atoms with Gasteiger partial charge in [-0.05, 0) is 47.4 Å². The van der Waals surface area contributed by atoms with E-state index in [2.05, 4.69) is 5.32 Å². The minimum absolute atomic E-state index is 0.00960. The Bertz CT molecular complexity index is 1370. The van der Waals surface area contributed by atoms with Crippen LogP contribution in [0.3, 0.4) is 0 Å². The highest BCUT2D eigenvalue weighted by Gasteiger charge is 2.33. The molecule has 7 nitrogen and oxygen atoms in total. The van der Waals surface area contributed by atoms with E-state index in [9.17, 15) is 18.0 Å². The van der Waals surface area contributed by atoms with Crippen LogP contribution in [0, 0.1) is 5.92 Å². The third kappa shape index (κ3) is 8.54. The normalized spacial score (nSPS) is 12.4. The summed E-state index contributed by atoms with van der Waals surface area (Å²) < 4.78 is 27.4. The van der Waals surface area contributed by atoms with Gasteiger partial charge in [-0.3, -0.25) is 9.59 Å². The average molecular weight is 591 g/mol. The summed E-state index contributed by atoms with van der Waals surface area (Å²) in [5.41, 5.74) is 1.51. The fourth-order valence-corrected chi connectivity index (χ4v) is 5.38. The zero-order valence-electron chi connectivity index (χ0n) is 22.2. The number of nitrogens with one attached hydrogen (secondary N) is 1. The van der Waals surface area contributed by atoms with Crippen LogP contribution in [0.4, 0.5) is 0 Å². The number of carbonyl (C=O) groups is 2. The van der Waals surface area contributed by atoms with Crippen LogP contribution in [0.25, 0.3) is 0 Å². The Morgan fingerprint density at radius 2 is 1.51 bits per heavy atom. The Balaban J connectivity index is 1.97. The molecule has 10 heteroatoms. The van der Waals surface area contributed by atoms with Gasteiger partial charge < -0.3 is 10.2 Å². The van der Waals surface area contributed by atoms with E-state index in [4.69, 9.17) is 23.2 Å². The molecule has 1 atom stereocenters. The highest BCUT2D eigenvalue weighted by molar-refractivity contribution is 7.89. The number of hydrogen-bond acceptors (Lipinski definition) is 4. The first-order valence-corrected chi connectivity index (χ1v) is 14.7. The van der Waals surface area contributed by atoms with E-state index in [-0.39, 0.29) is 29.7 Å². The van der Waals surface area contributed by atoms with E-state index in [1.165, 1.54) is 36.2 Å². The summed E-state index contributed by atoms with van der Waals surface area (Å²) in [6, 6.07) is 21.3. The van der Waals surface area contributed by atoms with Crippen molar-refractivity contribution in [3.63, 3.8) is 0 Å². The molecule has 0 spiro atoms. The zero-order chi connectivity index (χ0) is 28.6. The second-order valence-electron chi connectivity index (χ2n) is 9.67. The fourth-order valence-electron chi connectivity index (χ4n) is 3.94. The molecule has 2 amide bonds. The quantitative estimate of drug-likeness (QED) is 0.321. The van der Waals surface area contributed by atoms with Gasteiger partial charge in [0.1, 0.15) is 6.04 Å². The fraction of sp³-hybridized carbons (Fsp3) is 0.310. The molecule has 0 bridgehead atoms. The first kappa shape index (κ1) is 30.6. The number of hydrogen-bond donors (Lipinski definition) is 1. The van der Waals surface area contributed by atoms with Crippen LogP contribution in [0.1, 0.15) is 25.0 Å². The van der Waals surface area contributed by atoms with Crippen molar-refractivity contribution in [1.29, 1.82) is 0 Å². The number of amides is 2. The highest BCUT2D eigenvalue weighted by Crippen LogP contribution is 2.22. The van der Waals surface area contributed by atoms with Crippen molar-refractivity contribution in [2.24, 2.45) is 5.92 Å². The monoisotopic (exact) mass is 589 g/mol. The number of likely N-dealkylation sites (N-methyl/N-ethyl adjacent to an activating group) is 1. The molecular weight excluding hydrogens is 557 g/mol. The van der Waals surface area contributed by atoms with Crippen LogP contribution in [-0.2, 0) is 32.6 Å². The molecular formula is C29H33Cl2N3O4S. The first-order valence-electron chi connectivity index (χ1n) is 12.6. The van der Waals surface area contributed by atoms with Crippen LogP contribution in [0.15, 0.2) is 83.8 Å². The van der Waals surface area contributed by atoms with Crippen molar-refractivity contribution in [3.8, 4) is 0 Å². The second kappa shape index (κ2) is 13.9. The molecule has 0 fully saturated rings. The van der Waals surface area contributed by atoms with Gasteiger partial charge in [-0.15, -0.1) is 0 Å². The second-order valence-corrected chi connectivity index (χ2v) is 12.6. The number of carbonyl (C=O) groups excluding carboxylic acids is 2. The molecule has 0 aliphatic carbocycles. The number of benzene rings is 3. The smallest absolute Gasteiger partial charge is 0.243 e. The predicted octanol–water partition coefficient (Wildman–Crippen LogP) is 5.03. The summed E-state index contributed by atoms with van der Waals surface area (Å²) in [4.78, 5) is 28.8. The van der Waals surface area contributed by atoms with Crippen molar-refractivity contribution in [2.45, 2.75) is 37.8 Å². The van der Waals surface area contributed by atoms with Gasteiger partial charge in [0, 0.05) is 36.6 Å². The summed E-state index contributed by atoms with van der Waals surface area (Å²) in [6.45, 7) is 3.95. The van der Waals surface area contributed by atoms with Gasteiger partial charge in [0.15, 0.2) is 0 Å². The van der Waals surface area contributed by atoms with Gasteiger partial charge in [0.05, 0.1) is 11.4 Å². The Hall–Kier alpha value is -2.91. The summed E-state index contributed by atoms with van der Waals surface area (Å²) in [5.74, 6) is -0.651. The molecule has 39 heavy (non-hydrogen) atoms. The molecule has 0 saturated carbocycles. The third-order valence-electron chi connectivity index (χ3n) is 6.13. The molecule has 3 aromatic carbocycles. The van der Waals surface area contributed by atoms with E-state index in [0.717, 1.165) is 9.87 Å². The van der Waals surface area contributed by atoms with E-state index in [1.54, 1.807) is 24.3 Å². The molecule has 0 saturated heterocycles. The zero-order valence-corrected chi connectivity index (χ0v) is 24.5. The lowest BCUT2D eigenvalue weighted by Gasteiger charge is -2.33. The topological polar surface area (TPSA) is 86.8 Å². The number of sulfonamides is 1. The third-order valence-corrected chi connectivity index (χ3v) is 8.57. The molecule has 3 rings (SSSR count). The maximum absolute atomic E-state index is 13.9. The van der Waals surface area contributed by atoms with Gasteiger partial charge in [0.2, 0.25) is 21.8 Å². The van der Waals surface area contributed by atoms with E-state index < -0.39 is 28.5 Å². The molecule has 208 valence electrons. The molecule has 1 unspecified atom stereocenters. The highest BCUT2D eigenvalue weighted by atomic mass is 35.5. The molecule has 0 aliphatic heterocycles. The lowest BCUT2D eigenvalue weighted by atomic mass is 10.0. The van der Waals surface area contributed by atoms with Gasteiger partial charge >= 0.3 is 0 Å². The molecule has 0 radical (unpaired) electrons. The van der Waals surface area contributed by atoms with Gasteiger partial charge in [-0.25, -0.2) is 8.42 Å². The SMILES string of the molecule is CC(C)CNC(=O)C(Cc1ccccc1)N(Cc1ccccc1Cl)C(=O)CN(C)S(=O)(=O)c1ccc(Cl)cc1. The Morgan fingerprint density at radius 1 is 0.897 bits per heavy atom. The summed E-state index contributed by atoms with van der Waals surface area (Å²) >= 11 is 12.4. The average Bonchev–Trinajstić information content (AvgIpc) is 2.91. The summed E-state index contributed by atoms with van der Waals surface area (Å²) in [6.07, 6.45) is 0.245. The minimum Gasteiger partial charge on any atom is -0.354 e. The predicted molar refractivity (Wildman–Crippen MR) is 155 cm³/mol. The van der Waals surface area contributed by atoms with E-state index in [0.29, 0.717) is 22.2 Å². The summed E-state index contributed by atoms with van der Waals surface area (Å²) in [5, 5.41) is 3.78. The van der Waals surface area contributed by atoms with Crippen molar-refractivity contribution >= 4 is 45.0 Å². The molecule has 0 aliphatic rings. The van der Waals surface area contributed by atoms with Crippen molar-refractivity contribution in [3.05, 3.63) is 100 Å². The Morgan fingerprint density at radius 3 is 2.13 bits per heavy atom. The van der Waals surface area contributed by atoms with Gasteiger partial charge in [0.25, 0.3) is 0 Å². The van der Waals surface area contributed by atoms with Crippen LogP contribution in [0.2, 0.25) is 10.0 Å². The lowest BCUT2D eigenvalue weighted by molar-refractivity contribution is -0.141. The molecule has 1 N–H and O–H groups in total. The maximum Gasteiger partial charge on any atom is 0.243 e. The largest absolute Gasteiger partial charge is 0.354 e. The summed E-state index contributed by atoms with van der Waals surface area (Å²) in [7, 11) is -2.66. The Kier molecular flexibility index (Phi) is 10.9. The van der Waals surface area contributed by atoms with Crippen molar-refractivity contribution in [2.75, 3.05) is 20.1 Å². The standard InChI is InChI=1S/C29H33Cl2N3O4S/c1-21(2)18-32-29(36)27(17-22-9-5-4-6-10-22)34(19-23-11-7-8-12-26(23)31)28(35)20-33(3)39(37,38)25-15-13-24(30)14-16-25/h4-16,21,27H,17-20H2,1-3H3,(H,32,36). The molecule has 0 aromatic heterocycles. The molecule has 3 aromatic rings. The van der Waals surface area contributed by atoms with Crippen LogP contribution < -0.4 is 5.32 Å². The number of nitrogens with zero attached hydrogens (tertiary/aromatic N) is 2. The lowest BCUT2D eigenvalue weighted by Crippen LogP contribution is -2.53. The van der Waals surface area contributed by atoms with Crippen molar-refractivity contribution in [1.82, 2.24) is 14.5 Å². The van der Waals surface area contributed by atoms with Crippen LogP contribution in [0.5, 0.6) is 0 Å². The van der Waals surface area contributed by atoms with E-state index >= 15 is 0 Å². The Labute approximate surface area is 240 Å². The van der Waals surface area contributed by atoms with Crippen LogP contribution >= 0.6 is 23.2 Å². The maximum atomic E-state index is 13.9. The number of rotatable bonds is 12. The van der Waals surface area contributed by atoms with E-state index in [1.807, 2.05) is 44.2 Å².